The molecule has 11 aromatic carbocycles. The van der Waals surface area contributed by atoms with Crippen molar-refractivity contribution in [2.75, 3.05) is 9.80 Å². The lowest BCUT2D eigenvalue weighted by Gasteiger charge is -2.30. The molecule has 0 unspecified atom stereocenters. The third kappa shape index (κ3) is 5.74. The highest BCUT2D eigenvalue weighted by Crippen LogP contribution is 2.49. The van der Waals surface area contributed by atoms with E-state index in [2.05, 4.69) is 240 Å². The molecule has 0 fully saturated rings. The first-order valence-corrected chi connectivity index (χ1v) is 19.9. The number of rotatable bonds is 7. The first kappa shape index (κ1) is 33.6. The van der Waals surface area contributed by atoms with Crippen molar-refractivity contribution in [2.24, 2.45) is 0 Å². The Bertz CT molecular complexity index is 3290. The molecule has 2 nitrogen and oxygen atoms in total. The fourth-order valence-electron chi connectivity index (χ4n) is 8.88. The highest BCUT2D eigenvalue weighted by atomic mass is 15.2. The summed E-state index contributed by atoms with van der Waals surface area (Å²) in [6.07, 6.45) is 0. The summed E-state index contributed by atoms with van der Waals surface area (Å²) in [4.78, 5) is 4.88. The van der Waals surface area contributed by atoms with Gasteiger partial charge in [-0.25, -0.2) is 0 Å². The van der Waals surface area contributed by atoms with Crippen LogP contribution in [0.4, 0.5) is 34.1 Å². The van der Waals surface area contributed by atoms with Crippen molar-refractivity contribution in [3.63, 3.8) is 0 Å². The smallest absolute Gasteiger partial charge is 0.0546 e. The number of hydrogen-bond acceptors (Lipinski definition) is 2. The molecular formula is C56H38N2. The molecule has 0 spiro atoms. The normalized spacial score (nSPS) is 11.4. The molecule has 0 heterocycles. The quantitative estimate of drug-likeness (QED) is 0.150. The van der Waals surface area contributed by atoms with Crippen LogP contribution in [0.3, 0.4) is 0 Å². The molecule has 0 atom stereocenters. The molecule has 0 aliphatic heterocycles. The predicted molar refractivity (Wildman–Crippen MR) is 249 cm³/mol. The minimum atomic E-state index is 1.10. The van der Waals surface area contributed by atoms with Crippen molar-refractivity contribution < 1.29 is 0 Å². The minimum absolute atomic E-state index is 1.10. The Hall–Kier alpha value is -7.68. The van der Waals surface area contributed by atoms with Gasteiger partial charge in [0.25, 0.3) is 0 Å². The SMILES string of the molecule is c1ccc(N(c2cc(-c3ccc4ccccc4c3)c3cc(N(c4ccccc4)c4cccc5ccccc45)c4ccccc4c3c2)c2cccc3ccccc23)cc1. The van der Waals surface area contributed by atoms with Gasteiger partial charge in [0.1, 0.15) is 0 Å². The van der Waals surface area contributed by atoms with Crippen molar-refractivity contribution >= 4 is 88.0 Å². The average molecular weight is 739 g/mol. The standard InChI is InChI=1S/C56H38N2/c1-3-23-44(24-4-1)57(54-31-15-21-40-18-9-11-27-47(40)54)46-36-51(43-34-33-39-17-7-8-20-42(39)35-43)53-38-56(50-30-14-13-29-49(50)52(53)37-46)58(45-25-5-2-6-26-45)55-32-16-22-41-19-10-12-28-48(41)55/h1-38H. The van der Waals surface area contributed by atoms with Crippen molar-refractivity contribution in [3.8, 4) is 11.1 Å². The van der Waals surface area contributed by atoms with E-state index in [1.165, 1.54) is 65.0 Å². The number of para-hydroxylation sites is 2. The van der Waals surface area contributed by atoms with Gasteiger partial charge in [-0.1, -0.05) is 170 Å². The van der Waals surface area contributed by atoms with Gasteiger partial charge < -0.3 is 9.80 Å². The van der Waals surface area contributed by atoms with E-state index in [0.717, 1.165) is 34.1 Å². The zero-order valence-corrected chi connectivity index (χ0v) is 31.8. The van der Waals surface area contributed by atoms with Crippen LogP contribution in [0.1, 0.15) is 0 Å². The van der Waals surface area contributed by atoms with Crippen LogP contribution < -0.4 is 9.80 Å². The van der Waals surface area contributed by atoms with E-state index >= 15 is 0 Å². The van der Waals surface area contributed by atoms with Gasteiger partial charge in [-0.05, 0) is 109 Å². The van der Waals surface area contributed by atoms with Crippen LogP contribution in [-0.4, -0.2) is 0 Å². The van der Waals surface area contributed by atoms with Crippen molar-refractivity contribution in [3.05, 3.63) is 231 Å². The molecule has 0 bridgehead atoms. The topological polar surface area (TPSA) is 6.48 Å². The third-order valence-electron chi connectivity index (χ3n) is 11.5. The molecule has 0 aromatic heterocycles. The van der Waals surface area contributed by atoms with E-state index in [4.69, 9.17) is 0 Å². The molecule has 58 heavy (non-hydrogen) atoms. The molecular weight excluding hydrogens is 701 g/mol. The number of fused-ring (bicyclic) bond motifs is 6. The van der Waals surface area contributed by atoms with Crippen LogP contribution in [0.2, 0.25) is 0 Å². The van der Waals surface area contributed by atoms with E-state index < -0.39 is 0 Å². The molecule has 11 aromatic rings. The minimum Gasteiger partial charge on any atom is -0.310 e. The summed E-state index contributed by atoms with van der Waals surface area (Å²) in [5.74, 6) is 0. The van der Waals surface area contributed by atoms with E-state index in [-0.39, 0.29) is 0 Å². The summed E-state index contributed by atoms with van der Waals surface area (Å²) < 4.78 is 0. The zero-order chi connectivity index (χ0) is 38.4. The van der Waals surface area contributed by atoms with E-state index in [1.807, 2.05) is 0 Å². The molecule has 0 radical (unpaired) electrons. The number of benzene rings is 11. The predicted octanol–water partition coefficient (Wildman–Crippen LogP) is 16.1. The largest absolute Gasteiger partial charge is 0.310 e. The average Bonchev–Trinajstić information content (AvgIpc) is 3.30. The van der Waals surface area contributed by atoms with Crippen molar-refractivity contribution in [2.45, 2.75) is 0 Å². The van der Waals surface area contributed by atoms with Crippen molar-refractivity contribution in [1.82, 2.24) is 0 Å². The number of anilines is 6. The van der Waals surface area contributed by atoms with Crippen LogP contribution in [0.5, 0.6) is 0 Å². The van der Waals surface area contributed by atoms with Crippen LogP contribution in [-0.2, 0) is 0 Å². The fourth-order valence-corrected chi connectivity index (χ4v) is 8.88. The molecule has 0 saturated heterocycles. The van der Waals surface area contributed by atoms with Gasteiger partial charge in [0, 0.05) is 33.2 Å². The maximum Gasteiger partial charge on any atom is 0.0546 e. The molecule has 272 valence electrons. The summed E-state index contributed by atoms with van der Waals surface area (Å²) in [6.45, 7) is 0. The Labute approximate surface area is 338 Å². The maximum absolute atomic E-state index is 2.45. The molecule has 0 N–H and O–H groups in total. The summed E-state index contributed by atoms with van der Waals surface area (Å²) in [5, 5.41) is 12.1. The Balaban J connectivity index is 1.26. The molecule has 2 heteroatoms. The lowest BCUT2D eigenvalue weighted by atomic mass is 9.91. The van der Waals surface area contributed by atoms with Crippen LogP contribution >= 0.6 is 0 Å². The molecule has 0 saturated carbocycles. The monoisotopic (exact) mass is 738 g/mol. The molecule has 0 aliphatic rings. The Morgan fingerprint density at radius 2 is 0.724 bits per heavy atom. The Morgan fingerprint density at radius 1 is 0.224 bits per heavy atom. The summed E-state index contributed by atoms with van der Waals surface area (Å²) >= 11 is 0. The molecule has 0 amide bonds. The first-order valence-electron chi connectivity index (χ1n) is 19.9. The summed E-state index contributed by atoms with van der Waals surface area (Å²) in [7, 11) is 0. The number of hydrogen-bond donors (Lipinski definition) is 0. The van der Waals surface area contributed by atoms with Crippen LogP contribution in [0, 0.1) is 0 Å². The summed E-state index contributed by atoms with van der Waals surface area (Å²) in [5.41, 5.74) is 9.09. The van der Waals surface area contributed by atoms with E-state index in [9.17, 15) is 0 Å². The van der Waals surface area contributed by atoms with Gasteiger partial charge in [0.15, 0.2) is 0 Å². The zero-order valence-electron chi connectivity index (χ0n) is 31.8. The lowest BCUT2D eigenvalue weighted by molar-refractivity contribution is 1.30. The van der Waals surface area contributed by atoms with Crippen molar-refractivity contribution in [1.29, 1.82) is 0 Å². The lowest BCUT2D eigenvalue weighted by Crippen LogP contribution is -2.12. The van der Waals surface area contributed by atoms with Crippen LogP contribution in [0.25, 0.3) is 65.0 Å². The van der Waals surface area contributed by atoms with Gasteiger partial charge in [-0.15, -0.1) is 0 Å². The maximum atomic E-state index is 2.45. The third-order valence-corrected chi connectivity index (χ3v) is 11.5. The molecule has 11 rings (SSSR count). The Kier molecular flexibility index (Phi) is 8.19. The second-order valence-corrected chi connectivity index (χ2v) is 14.9. The van der Waals surface area contributed by atoms with Gasteiger partial charge in [-0.3, -0.25) is 0 Å². The van der Waals surface area contributed by atoms with Gasteiger partial charge in [0.2, 0.25) is 0 Å². The highest BCUT2D eigenvalue weighted by molar-refractivity contribution is 6.20. The summed E-state index contributed by atoms with van der Waals surface area (Å²) in [6, 6.07) is 84.0. The number of nitrogens with zero attached hydrogens (tertiary/aromatic N) is 2. The second kappa shape index (κ2) is 14.1. The molecule has 0 aliphatic carbocycles. The Morgan fingerprint density at radius 3 is 1.38 bits per heavy atom. The van der Waals surface area contributed by atoms with Gasteiger partial charge in [-0.2, -0.15) is 0 Å². The van der Waals surface area contributed by atoms with E-state index in [0.29, 0.717) is 0 Å². The van der Waals surface area contributed by atoms with Gasteiger partial charge in [0.05, 0.1) is 17.1 Å². The second-order valence-electron chi connectivity index (χ2n) is 14.9. The van der Waals surface area contributed by atoms with Crippen LogP contribution in [0.15, 0.2) is 231 Å². The fraction of sp³-hybridized carbons (Fsp3) is 0. The van der Waals surface area contributed by atoms with Gasteiger partial charge >= 0.3 is 0 Å². The van der Waals surface area contributed by atoms with E-state index in [1.54, 1.807) is 0 Å². The first-order chi connectivity index (χ1) is 28.8. The highest BCUT2D eigenvalue weighted by Gasteiger charge is 2.23.